The molecule has 0 unspecified atom stereocenters. The minimum atomic E-state index is -0.391. The molecule has 0 spiro atoms. The van der Waals surface area contributed by atoms with Crippen LogP contribution in [-0.4, -0.2) is 18.7 Å². The largest absolute Gasteiger partial charge is 0.497 e. The second kappa shape index (κ2) is 6.84. The summed E-state index contributed by atoms with van der Waals surface area (Å²) >= 11 is 5.86. The molecule has 1 atom stereocenters. The van der Waals surface area contributed by atoms with Crippen molar-refractivity contribution in [3.63, 3.8) is 0 Å². The molecule has 1 heterocycles. The fourth-order valence-electron chi connectivity index (χ4n) is 2.95. The number of carbonyl (C=O) groups excluding carboxylic acids is 1. The van der Waals surface area contributed by atoms with Gasteiger partial charge in [0.1, 0.15) is 17.1 Å². The monoisotopic (exact) mass is 360 g/mol. The van der Waals surface area contributed by atoms with Gasteiger partial charge >= 0.3 is 6.03 Å². The number of hydrogen-bond acceptors (Lipinski definition) is 3. The summed E-state index contributed by atoms with van der Waals surface area (Å²) in [5.74, 6) is 1.45. The van der Waals surface area contributed by atoms with Crippen molar-refractivity contribution in [1.82, 2.24) is 5.32 Å². The van der Waals surface area contributed by atoms with E-state index in [1.54, 1.807) is 31.4 Å². The number of methoxy groups -OCH3 is 1. The van der Waals surface area contributed by atoms with Gasteiger partial charge in [-0.15, -0.1) is 0 Å². The molecule has 1 aliphatic heterocycles. The Morgan fingerprint density at radius 1 is 1.24 bits per heavy atom. The van der Waals surface area contributed by atoms with Crippen LogP contribution in [0.25, 0.3) is 0 Å². The molecule has 1 aliphatic rings. The first-order valence-corrected chi connectivity index (χ1v) is 8.44. The summed E-state index contributed by atoms with van der Waals surface area (Å²) in [7, 11) is 1.62. The van der Waals surface area contributed by atoms with Crippen LogP contribution in [0.1, 0.15) is 31.9 Å². The molecule has 0 bridgehead atoms. The zero-order chi connectivity index (χ0) is 18.0. The molecule has 0 aromatic heterocycles. The number of rotatable bonds is 3. The van der Waals surface area contributed by atoms with E-state index in [-0.39, 0.29) is 12.1 Å². The van der Waals surface area contributed by atoms with Gasteiger partial charge in [-0.2, -0.15) is 0 Å². The molecule has 0 fully saturated rings. The molecule has 0 saturated carbocycles. The lowest BCUT2D eigenvalue weighted by atomic mass is 9.89. The highest BCUT2D eigenvalue weighted by atomic mass is 35.5. The van der Waals surface area contributed by atoms with E-state index >= 15 is 0 Å². The van der Waals surface area contributed by atoms with Crippen molar-refractivity contribution >= 4 is 23.3 Å². The lowest BCUT2D eigenvalue weighted by Crippen LogP contribution is -2.42. The van der Waals surface area contributed by atoms with Gasteiger partial charge in [0.2, 0.25) is 0 Å². The predicted octanol–water partition coefficient (Wildman–Crippen LogP) is 4.77. The number of benzene rings is 2. The van der Waals surface area contributed by atoms with E-state index in [2.05, 4.69) is 10.6 Å². The molecule has 5 nitrogen and oxygen atoms in total. The molecule has 25 heavy (non-hydrogen) atoms. The minimum Gasteiger partial charge on any atom is -0.497 e. The topological polar surface area (TPSA) is 59.6 Å². The Hall–Kier alpha value is -2.40. The summed E-state index contributed by atoms with van der Waals surface area (Å²) in [6.07, 6.45) is 0.667. The number of urea groups is 1. The summed E-state index contributed by atoms with van der Waals surface area (Å²) in [5.41, 5.74) is 1.23. The molecule has 3 rings (SSSR count). The van der Waals surface area contributed by atoms with Crippen molar-refractivity contribution in [2.24, 2.45) is 0 Å². The third-order valence-corrected chi connectivity index (χ3v) is 4.34. The molecule has 0 radical (unpaired) electrons. The number of carbonyl (C=O) groups is 1. The minimum absolute atomic E-state index is 0.156. The maximum atomic E-state index is 12.4. The molecule has 0 aliphatic carbocycles. The summed E-state index contributed by atoms with van der Waals surface area (Å²) < 4.78 is 11.3. The van der Waals surface area contributed by atoms with E-state index < -0.39 is 5.60 Å². The normalized spacial score (nSPS) is 17.8. The van der Waals surface area contributed by atoms with E-state index in [0.717, 1.165) is 17.1 Å². The Labute approximate surface area is 152 Å². The predicted molar refractivity (Wildman–Crippen MR) is 98.7 cm³/mol. The van der Waals surface area contributed by atoms with Crippen LogP contribution in [0.5, 0.6) is 11.5 Å². The van der Waals surface area contributed by atoms with Gasteiger partial charge in [0, 0.05) is 28.8 Å². The van der Waals surface area contributed by atoms with E-state index in [4.69, 9.17) is 21.1 Å². The van der Waals surface area contributed by atoms with Crippen LogP contribution in [-0.2, 0) is 0 Å². The fourth-order valence-corrected chi connectivity index (χ4v) is 3.07. The molecular formula is C19H21ClN2O3. The zero-order valence-electron chi connectivity index (χ0n) is 14.4. The van der Waals surface area contributed by atoms with E-state index in [1.165, 1.54) is 0 Å². The first kappa shape index (κ1) is 17.4. The molecular weight excluding hydrogens is 340 g/mol. The van der Waals surface area contributed by atoms with Crippen molar-refractivity contribution < 1.29 is 14.3 Å². The van der Waals surface area contributed by atoms with Gasteiger partial charge in [0.15, 0.2) is 0 Å². The number of nitrogens with one attached hydrogen (secondary N) is 2. The lowest BCUT2D eigenvalue weighted by Gasteiger charge is -2.38. The first-order valence-electron chi connectivity index (χ1n) is 8.06. The van der Waals surface area contributed by atoms with Crippen LogP contribution in [0.2, 0.25) is 5.02 Å². The molecule has 2 aromatic carbocycles. The highest BCUT2D eigenvalue weighted by Gasteiger charge is 2.34. The summed E-state index contributed by atoms with van der Waals surface area (Å²) in [4.78, 5) is 12.4. The van der Waals surface area contributed by atoms with Crippen LogP contribution >= 0.6 is 11.6 Å². The second-order valence-corrected chi connectivity index (χ2v) is 7.06. The number of fused-ring (bicyclic) bond motifs is 1. The highest BCUT2D eigenvalue weighted by molar-refractivity contribution is 6.30. The molecule has 6 heteroatoms. The Morgan fingerprint density at radius 3 is 2.64 bits per heavy atom. The SMILES string of the molecule is COc1ccc2c(c1)OC(C)(C)C[C@H]2NC(=O)Nc1ccc(Cl)cc1. The standard InChI is InChI=1S/C19H21ClN2O3/c1-19(2)11-16(15-9-8-14(24-3)10-17(15)25-19)22-18(23)21-13-6-4-12(20)5-7-13/h4-10,16H,11H2,1-3H3,(H2,21,22,23)/t16-/m1/s1. The van der Waals surface area contributed by atoms with Crippen LogP contribution in [0.15, 0.2) is 42.5 Å². The van der Waals surface area contributed by atoms with Crippen LogP contribution in [0, 0.1) is 0 Å². The van der Waals surface area contributed by atoms with Crippen molar-refractivity contribution in [2.75, 3.05) is 12.4 Å². The molecule has 0 saturated heterocycles. The van der Waals surface area contributed by atoms with Crippen molar-refractivity contribution in [2.45, 2.75) is 31.9 Å². The van der Waals surface area contributed by atoms with Gasteiger partial charge in [-0.25, -0.2) is 4.79 Å². The Kier molecular flexibility index (Phi) is 4.77. The lowest BCUT2D eigenvalue weighted by molar-refractivity contribution is 0.0679. The van der Waals surface area contributed by atoms with Gasteiger partial charge < -0.3 is 20.1 Å². The zero-order valence-corrected chi connectivity index (χ0v) is 15.2. The average Bonchev–Trinajstić information content (AvgIpc) is 2.55. The number of amides is 2. The van der Waals surface area contributed by atoms with E-state index in [1.807, 2.05) is 32.0 Å². The molecule has 2 N–H and O–H groups in total. The Balaban J connectivity index is 1.77. The third kappa shape index (κ3) is 4.17. The number of anilines is 1. The third-order valence-electron chi connectivity index (χ3n) is 4.09. The van der Waals surface area contributed by atoms with Crippen molar-refractivity contribution in [3.05, 3.63) is 53.1 Å². The maximum absolute atomic E-state index is 12.4. The summed E-state index contributed by atoms with van der Waals surface area (Å²) in [5, 5.41) is 6.48. The smallest absolute Gasteiger partial charge is 0.319 e. The van der Waals surface area contributed by atoms with Crippen molar-refractivity contribution in [1.29, 1.82) is 0 Å². The summed E-state index contributed by atoms with van der Waals surface area (Å²) in [6.45, 7) is 4.00. The van der Waals surface area contributed by atoms with Gasteiger partial charge in [0.25, 0.3) is 0 Å². The van der Waals surface area contributed by atoms with Crippen LogP contribution in [0.4, 0.5) is 10.5 Å². The molecule has 2 aromatic rings. The number of halogens is 1. The van der Waals surface area contributed by atoms with E-state index in [9.17, 15) is 4.79 Å². The fraction of sp³-hybridized carbons (Fsp3) is 0.316. The molecule has 132 valence electrons. The quantitative estimate of drug-likeness (QED) is 0.828. The Morgan fingerprint density at radius 2 is 1.96 bits per heavy atom. The number of hydrogen-bond donors (Lipinski definition) is 2. The number of ether oxygens (including phenoxy) is 2. The second-order valence-electron chi connectivity index (χ2n) is 6.63. The highest BCUT2D eigenvalue weighted by Crippen LogP contribution is 2.41. The van der Waals surface area contributed by atoms with Gasteiger partial charge in [-0.1, -0.05) is 11.6 Å². The first-order chi connectivity index (χ1) is 11.9. The van der Waals surface area contributed by atoms with Crippen molar-refractivity contribution in [3.8, 4) is 11.5 Å². The van der Waals surface area contributed by atoms with Crippen LogP contribution in [0.3, 0.4) is 0 Å². The van der Waals surface area contributed by atoms with Crippen LogP contribution < -0.4 is 20.1 Å². The Bertz CT molecular complexity index is 775. The van der Waals surface area contributed by atoms with Gasteiger partial charge in [-0.05, 0) is 50.2 Å². The van der Waals surface area contributed by atoms with E-state index in [0.29, 0.717) is 17.1 Å². The molecule has 2 amide bonds. The van der Waals surface area contributed by atoms with Gasteiger partial charge in [0.05, 0.1) is 13.2 Å². The summed E-state index contributed by atoms with van der Waals surface area (Å²) in [6, 6.07) is 12.2. The maximum Gasteiger partial charge on any atom is 0.319 e. The van der Waals surface area contributed by atoms with Gasteiger partial charge in [-0.3, -0.25) is 0 Å². The average molecular weight is 361 g/mol.